The van der Waals surface area contributed by atoms with Crippen molar-refractivity contribution in [3.05, 3.63) is 28.0 Å². The second-order valence-corrected chi connectivity index (χ2v) is 5.33. The van der Waals surface area contributed by atoms with Crippen molar-refractivity contribution in [2.75, 3.05) is 11.4 Å². The number of carbonyl (C=O) groups is 1. The zero-order valence-corrected chi connectivity index (χ0v) is 11.0. The van der Waals surface area contributed by atoms with E-state index in [0.717, 1.165) is 5.56 Å². The molecule has 1 aromatic rings. The van der Waals surface area contributed by atoms with Gasteiger partial charge in [-0.05, 0) is 24.6 Å². The predicted molar refractivity (Wildman–Crippen MR) is 65.4 cm³/mol. The van der Waals surface area contributed by atoms with E-state index >= 15 is 0 Å². The molecule has 5 heteroatoms. The van der Waals surface area contributed by atoms with E-state index < -0.39 is 5.82 Å². The van der Waals surface area contributed by atoms with Crippen LogP contribution in [0.2, 0.25) is 0 Å². The average molecular weight is 307 g/mol. The topological polar surface area (TPSA) is 20.3 Å². The van der Waals surface area contributed by atoms with Crippen molar-refractivity contribution >= 4 is 39.1 Å². The van der Waals surface area contributed by atoms with E-state index in [2.05, 4.69) is 15.9 Å². The maximum atomic E-state index is 13.7. The lowest BCUT2D eigenvalue weighted by Gasteiger charge is -2.17. The van der Waals surface area contributed by atoms with Gasteiger partial charge in [0.2, 0.25) is 5.91 Å². The van der Waals surface area contributed by atoms with Crippen LogP contribution < -0.4 is 4.90 Å². The van der Waals surface area contributed by atoms with Crippen molar-refractivity contribution in [2.24, 2.45) is 0 Å². The van der Waals surface area contributed by atoms with Crippen LogP contribution in [0.15, 0.2) is 16.6 Å². The van der Waals surface area contributed by atoms with Gasteiger partial charge in [-0.25, -0.2) is 4.39 Å². The van der Waals surface area contributed by atoms with Gasteiger partial charge < -0.3 is 4.90 Å². The zero-order chi connectivity index (χ0) is 11.9. The SMILES string of the molecule is Cc1cc(N2CC(Cl)CC2=O)c(F)cc1Br. The first-order valence-corrected chi connectivity index (χ1v) is 6.12. The number of aryl methyl sites for hydroxylation is 1. The Morgan fingerprint density at radius 1 is 1.56 bits per heavy atom. The predicted octanol–water partition coefficient (Wildman–Crippen LogP) is 3.24. The summed E-state index contributed by atoms with van der Waals surface area (Å²) in [5, 5.41) is -0.226. The van der Waals surface area contributed by atoms with Crippen LogP contribution in [0.3, 0.4) is 0 Å². The van der Waals surface area contributed by atoms with Gasteiger partial charge in [-0.15, -0.1) is 11.6 Å². The molecule has 0 aliphatic carbocycles. The fourth-order valence-electron chi connectivity index (χ4n) is 1.75. The lowest BCUT2D eigenvalue weighted by atomic mass is 10.2. The molecule has 0 bridgehead atoms. The third-order valence-electron chi connectivity index (χ3n) is 2.60. The van der Waals surface area contributed by atoms with E-state index in [4.69, 9.17) is 11.6 Å². The Hall–Kier alpha value is -0.610. The normalized spacial score (nSPS) is 20.6. The molecule has 0 spiro atoms. The van der Waals surface area contributed by atoms with Crippen molar-refractivity contribution < 1.29 is 9.18 Å². The highest BCUT2D eigenvalue weighted by Crippen LogP contribution is 2.30. The van der Waals surface area contributed by atoms with Crippen LogP contribution >= 0.6 is 27.5 Å². The average Bonchev–Trinajstić information content (AvgIpc) is 2.51. The number of hydrogen-bond acceptors (Lipinski definition) is 1. The second-order valence-electron chi connectivity index (χ2n) is 3.86. The maximum absolute atomic E-state index is 13.7. The Balaban J connectivity index is 2.41. The summed E-state index contributed by atoms with van der Waals surface area (Å²) in [6.07, 6.45) is 0.274. The molecule has 0 aromatic heterocycles. The number of amides is 1. The van der Waals surface area contributed by atoms with Crippen molar-refractivity contribution in [3.63, 3.8) is 0 Å². The van der Waals surface area contributed by atoms with E-state index in [9.17, 15) is 9.18 Å². The molecule has 0 saturated carbocycles. The van der Waals surface area contributed by atoms with Crippen molar-refractivity contribution in [2.45, 2.75) is 18.7 Å². The van der Waals surface area contributed by atoms with Gasteiger partial charge in [0.05, 0.1) is 11.1 Å². The monoisotopic (exact) mass is 305 g/mol. The molecule has 1 heterocycles. The molecule has 2 rings (SSSR count). The highest BCUT2D eigenvalue weighted by Gasteiger charge is 2.30. The van der Waals surface area contributed by atoms with E-state index in [1.807, 2.05) is 6.92 Å². The molecule has 16 heavy (non-hydrogen) atoms. The summed E-state index contributed by atoms with van der Waals surface area (Å²) in [5.41, 5.74) is 1.20. The number of hydrogen-bond donors (Lipinski definition) is 0. The lowest BCUT2D eigenvalue weighted by molar-refractivity contribution is -0.117. The molecule has 1 aromatic carbocycles. The summed E-state index contributed by atoms with van der Waals surface area (Å²) in [5.74, 6) is -0.530. The van der Waals surface area contributed by atoms with Crippen molar-refractivity contribution in [1.82, 2.24) is 0 Å². The highest BCUT2D eigenvalue weighted by atomic mass is 79.9. The highest BCUT2D eigenvalue weighted by molar-refractivity contribution is 9.10. The first-order chi connectivity index (χ1) is 7.49. The number of benzene rings is 1. The van der Waals surface area contributed by atoms with Gasteiger partial charge in [-0.3, -0.25) is 4.79 Å². The van der Waals surface area contributed by atoms with Crippen LogP contribution in [0.25, 0.3) is 0 Å². The molecule has 1 saturated heterocycles. The van der Waals surface area contributed by atoms with Gasteiger partial charge in [0.25, 0.3) is 0 Å². The Morgan fingerprint density at radius 3 is 2.81 bits per heavy atom. The van der Waals surface area contributed by atoms with Crippen molar-refractivity contribution in [1.29, 1.82) is 0 Å². The van der Waals surface area contributed by atoms with Crippen LogP contribution in [-0.2, 0) is 4.79 Å². The molecule has 1 amide bonds. The minimum Gasteiger partial charge on any atom is -0.308 e. The Kier molecular flexibility index (Phi) is 3.22. The Morgan fingerprint density at radius 2 is 2.25 bits per heavy atom. The number of carbonyl (C=O) groups excluding carboxylic acids is 1. The number of rotatable bonds is 1. The van der Waals surface area contributed by atoms with Gasteiger partial charge >= 0.3 is 0 Å². The smallest absolute Gasteiger partial charge is 0.228 e. The molecular weight excluding hydrogens is 296 g/mol. The molecule has 2 nitrogen and oxygen atoms in total. The van der Waals surface area contributed by atoms with E-state index in [0.29, 0.717) is 16.7 Å². The summed E-state index contributed by atoms with van der Waals surface area (Å²) in [6.45, 7) is 2.23. The first-order valence-electron chi connectivity index (χ1n) is 4.89. The number of anilines is 1. The third kappa shape index (κ3) is 2.09. The molecule has 0 N–H and O–H groups in total. The summed E-state index contributed by atoms with van der Waals surface area (Å²) in [4.78, 5) is 13.0. The zero-order valence-electron chi connectivity index (χ0n) is 8.64. The number of alkyl halides is 1. The Bertz CT molecular complexity index is 452. The van der Waals surface area contributed by atoms with E-state index in [1.54, 1.807) is 6.07 Å². The van der Waals surface area contributed by atoms with Crippen molar-refractivity contribution in [3.8, 4) is 0 Å². The van der Waals surface area contributed by atoms with Gasteiger partial charge in [0.1, 0.15) is 5.82 Å². The number of nitrogens with zero attached hydrogens (tertiary/aromatic N) is 1. The number of halogens is 3. The van der Waals surface area contributed by atoms with Gasteiger partial charge in [-0.1, -0.05) is 15.9 Å². The van der Waals surface area contributed by atoms with E-state index in [1.165, 1.54) is 11.0 Å². The van der Waals surface area contributed by atoms with Crippen LogP contribution in [0.5, 0.6) is 0 Å². The summed E-state index contributed by atoms with van der Waals surface area (Å²) < 4.78 is 14.4. The van der Waals surface area contributed by atoms with Crippen LogP contribution in [-0.4, -0.2) is 17.8 Å². The second kappa shape index (κ2) is 4.34. The standard InChI is InChI=1S/C11H10BrClFNO/c1-6-2-10(9(14)4-8(6)12)15-5-7(13)3-11(15)16/h2,4,7H,3,5H2,1H3. The van der Waals surface area contributed by atoms with Gasteiger partial charge in [0.15, 0.2) is 0 Å². The molecule has 86 valence electrons. The molecule has 1 aliphatic heterocycles. The molecule has 0 radical (unpaired) electrons. The summed E-state index contributed by atoms with van der Waals surface area (Å²) in [7, 11) is 0. The fourth-order valence-corrected chi connectivity index (χ4v) is 2.33. The van der Waals surface area contributed by atoms with Gasteiger partial charge in [-0.2, -0.15) is 0 Å². The molecule has 1 unspecified atom stereocenters. The molecular formula is C11H10BrClFNO. The third-order valence-corrected chi connectivity index (χ3v) is 3.74. The summed E-state index contributed by atoms with van der Waals surface area (Å²) in [6, 6.07) is 3.03. The lowest BCUT2D eigenvalue weighted by Crippen LogP contribution is -2.25. The largest absolute Gasteiger partial charge is 0.308 e. The van der Waals surface area contributed by atoms with E-state index in [-0.39, 0.29) is 17.7 Å². The minimum atomic E-state index is -0.406. The quantitative estimate of drug-likeness (QED) is 0.729. The minimum absolute atomic E-state index is 0.124. The first kappa shape index (κ1) is 11.9. The van der Waals surface area contributed by atoms with Crippen LogP contribution in [0.1, 0.15) is 12.0 Å². The molecule has 1 fully saturated rings. The van der Waals surface area contributed by atoms with Crippen LogP contribution in [0.4, 0.5) is 10.1 Å². The van der Waals surface area contributed by atoms with Gasteiger partial charge in [0, 0.05) is 17.4 Å². The maximum Gasteiger partial charge on any atom is 0.228 e. The molecule has 1 aliphatic rings. The van der Waals surface area contributed by atoms with Crippen LogP contribution in [0, 0.1) is 12.7 Å². The summed E-state index contributed by atoms with van der Waals surface area (Å²) >= 11 is 9.13. The fraction of sp³-hybridized carbons (Fsp3) is 0.364. The molecule has 1 atom stereocenters. The Labute approximate surface area is 107 Å².